The van der Waals surface area contributed by atoms with Crippen LogP contribution >= 0.6 is 15.9 Å². The first-order valence-electron chi connectivity index (χ1n) is 5.38. The van der Waals surface area contributed by atoms with Crippen LogP contribution in [-0.2, 0) is 0 Å². The largest absolute Gasteiger partial charge is 0.478 e. The van der Waals surface area contributed by atoms with E-state index in [2.05, 4.69) is 35.1 Å². The molecule has 0 saturated heterocycles. The van der Waals surface area contributed by atoms with E-state index in [9.17, 15) is 4.79 Å². The van der Waals surface area contributed by atoms with E-state index >= 15 is 0 Å². The van der Waals surface area contributed by atoms with Crippen molar-refractivity contribution < 1.29 is 9.90 Å². The van der Waals surface area contributed by atoms with E-state index in [1.54, 1.807) is 12.1 Å². The Morgan fingerprint density at radius 2 is 2.06 bits per heavy atom. The molecule has 0 aliphatic rings. The van der Waals surface area contributed by atoms with Gasteiger partial charge in [-0.25, -0.2) is 4.79 Å². The predicted molar refractivity (Wildman–Crippen MR) is 69.1 cm³/mol. The molecule has 2 N–H and O–H groups in total. The third-order valence-corrected chi connectivity index (χ3v) is 3.23. The number of halogens is 1. The minimum absolute atomic E-state index is 0.300. The highest BCUT2D eigenvalue weighted by molar-refractivity contribution is 9.10. The van der Waals surface area contributed by atoms with Gasteiger partial charge in [-0.3, -0.25) is 0 Å². The molecule has 1 aromatic carbocycles. The molecule has 0 fully saturated rings. The Bertz CT molecular complexity index is 375. The van der Waals surface area contributed by atoms with Gasteiger partial charge in [0.05, 0.1) is 11.3 Å². The molecule has 1 aromatic rings. The van der Waals surface area contributed by atoms with Crippen LogP contribution in [0.3, 0.4) is 0 Å². The predicted octanol–water partition coefficient (Wildman–Crippen LogP) is 3.75. The summed E-state index contributed by atoms with van der Waals surface area (Å²) in [5.41, 5.74) is 0.977. The zero-order valence-electron chi connectivity index (χ0n) is 9.46. The third kappa shape index (κ3) is 2.98. The van der Waals surface area contributed by atoms with E-state index in [-0.39, 0.29) is 0 Å². The quantitative estimate of drug-likeness (QED) is 0.866. The number of nitrogens with one attached hydrogen (secondary N) is 1. The van der Waals surface area contributed by atoms with Crippen molar-refractivity contribution in [3.63, 3.8) is 0 Å². The molecule has 0 amide bonds. The maximum absolute atomic E-state index is 11.1. The van der Waals surface area contributed by atoms with E-state index in [0.717, 1.165) is 12.8 Å². The third-order valence-electron chi connectivity index (χ3n) is 2.57. The van der Waals surface area contributed by atoms with Crippen LogP contribution in [0.1, 0.15) is 37.0 Å². The van der Waals surface area contributed by atoms with E-state index in [0.29, 0.717) is 21.8 Å². The lowest BCUT2D eigenvalue weighted by molar-refractivity contribution is 0.0697. The van der Waals surface area contributed by atoms with Gasteiger partial charge in [0, 0.05) is 10.5 Å². The van der Waals surface area contributed by atoms with Crippen molar-refractivity contribution in [2.75, 3.05) is 5.32 Å². The number of carboxylic acids is 1. The summed E-state index contributed by atoms with van der Waals surface area (Å²) in [5.74, 6) is -0.916. The van der Waals surface area contributed by atoms with Gasteiger partial charge < -0.3 is 10.4 Å². The maximum atomic E-state index is 11.1. The Morgan fingerprint density at radius 1 is 1.44 bits per heavy atom. The lowest BCUT2D eigenvalue weighted by Gasteiger charge is -2.18. The van der Waals surface area contributed by atoms with Crippen molar-refractivity contribution in [3.05, 3.63) is 28.2 Å². The fourth-order valence-corrected chi connectivity index (χ4v) is 2.11. The number of rotatable bonds is 5. The monoisotopic (exact) mass is 285 g/mol. The zero-order valence-corrected chi connectivity index (χ0v) is 11.0. The molecular formula is C12H16BrNO2. The van der Waals surface area contributed by atoms with Crippen molar-refractivity contribution in [3.8, 4) is 0 Å². The number of carbonyl (C=O) groups is 1. The minimum Gasteiger partial charge on any atom is -0.478 e. The summed E-state index contributed by atoms with van der Waals surface area (Å²) in [6.45, 7) is 4.17. The SMILES string of the molecule is CCC(CC)Nc1cccc(Br)c1C(=O)O. The highest BCUT2D eigenvalue weighted by Gasteiger charge is 2.15. The summed E-state index contributed by atoms with van der Waals surface area (Å²) in [5, 5.41) is 12.4. The van der Waals surface area contributed by atoms with E-state index < -0.39 is 5.97 Å². The number of carboxylic acid groups (broad SMARTS) is 1. The van der Waals surface area contributed by atoms with Gasteiger partial charge in [-0.05, 0) is 40.9 Å². The minimum atomic E-state index is -0.916. The standard InChI is InChI=1S/C12H16BrNO2/c1-3-8(4-2)14-10-7-5-6-9(13)11(10)12(15)16/h5-8,14H,3-4H2,1-2H3,(H,15,16). The number of benzene rings is 1. The van der Waals surface area contributed by atoms with Gasteiger partial charge in [-0.2, -0.15) is 0 Å². The number of hydrogen-bond acceptors (Lipinski definition) is 2. The molecule has 1 rings (SSSR count). The summed E-state index contributed by atoms with van der Waals surface area (Å²) in [4.78, 5) is 11.1. The molecule has 0 aliphatic heterocycles. The second-order valence-corrected chi connectivity index (χ2v) is 4.48. The van der Waals surface area contributed by atoms with Crippen LogP contribution in [-0.4, -0.2) is 17.1 Å². The molecule has 0 saturated carbocycles. The Labute approximate surface area is 104 Å². The molecule has 0 aromatic heterocycles. The topological polar surface area (TPSA) is 49.3 Å². The molecule has 88 valence electrons. The Hall–Kier alpha value is -1.03. The van der Waals surface area contributed by atoms with Crippen LogP contribution in [0.2, 0.25) is 0 Å². The van der Waals surface area contributed by atoms with Gasteiger partial charge >= 0.3 is 5.97 Å². The highest BCUT2D eigenvalue weighted by Crippen LogP contribution is 2.26. The first kappa shape index (κ1) is 13.0. The van der Waals surface area contributed by atoms with Gasteiger partial charge in [0.2, 0.25) is 0 Å². The molecule has 0 atom stereocenters. The summed E-state index contributed by atoms with van der Waals surface area (Å²) in [6, 6.07) is 5.68. The second-order valence-electron chi connectivity index (χ2n) is 3.63. The molecule has 0 heterocycles. The lowest BCUT2D eigenvalue weighted by atomic mass is 10.1. The van der Waals surface area contributed by atoms with Gasteiger partial charge in [-0.1, -0.05) is 19.9 Å². The van der Waals surface area contributed by atoms with Crippen LogP contribution in [0.15, 0.2) is 22.7 Å². The van der Waals surface area contributed by atoms with E-state index in [4.69, 9.17) is 5.11 Å². The molecule has 4 heteroatoms. The number of anilines is 1. The fourth-order valence-electron chi connectivity index (χ4n) is 1.57. The molecule has 0 aliphatic carbocycles. The van der Waals surface area contributed by atoms with Crippen LogP contribution in [0.5, 0.6) is 0 Å². The average Bonchev–Trinajstić information content (AvgIpc) is 2.25. The molecule has 0 spiro atoms. The molecular weight excluding hydrogens is 270 g/mol. The van der Waals surface area contributed by atoms with Crippen molar-refractivity contribution in [2.45, 2.75) is 32.7 Å². The van der Waals surface area contributed by atoms with Crippen molar-refractivity contribution >= 4 is 27.6 Å². The highest BCUT2D eigenvalue weighted by atomic mass is 79.9. The van der Waals surface area contributed by atoms with Crippen LogP contribution < -0.4 is 5.32 Å². The summed E-state index contributed by atoms with van der Waals surface area (Å²) < 4.78 is 0.607. The summed E-state index contributed by atoms with van der Waals surface area (Å²) >= 11 is 3.26. The normalized spacial score (nSPS) is 10.5. The van der Waals surface area contributed by atoms with Crippen LogP contribution in [0.25, 0.3) is 0 Å². The molecule has 0 radical (unpaired) electrons. The van der Waals surface area contributed by atoms with Gasteiger partial charge in [0.25, 0.3) is 0 Å². The van der Waals surface area contributed by atoms with Gasteiger partial charge in [-0.15, -0.1) is 0 Å². The smallest absolute Gasteiger partial charge is 0.338 e. The Kier molecular flexibility index (Phi) is 4.80. The fraction of sp³-hybridized carbons (Fsp3) is 0.417. The first-order chi connectivity index (χ1) is 7.60. The van der Waals surface area contributed by atoms with Crippen LogP contribution in [0, 0.1) is 0 Å². The van der Waals surface area contributed by atoms with Crippen molar-refractivity contribution in [1.82, 2.24) is 0 Å². The number of aromatic carboxylic acids is 1. The van der Waals surface area contributed by atoms with Crippen molar-refractivity contribution in [1.29, 1.82) is 0 Å². The summed E-state index contributed by atoms with van der Waals surface area (Å²) in [6.07, 6.45) is 1.95. The van der Waals surface area contributed by atoms with Gasteiger partial charge in [0.15, 0.2) is 0 Å². The first-order valence-corrected chi connectivity index (χ1v) is 6.17. The van der Waals surface area contributed by atoms with Gasteiger partial charge in [0.1, 0.15) is 0 Å². The number of hydrogen-bond donors (Lipinski definition) is 2. The lowest BCUT2D eigenvalue weighted by Crippen LogP contribution is -2.19. The maximum Gasteiger partial charge on any atom is 0.338 e. The molecule has 3 nitrogen and oxygen atoms in total. The van der Waals surface area contributed by atoms with E-state index in [1.807, 2.05) is 6.07 Å². The molecule has 0 unspecified atom stereocenters. The zero-order chi connectivity index (χ0) is 12.1. The van der Waals surface area contributed by atoms with Crippen molar-refractivity contribution in [2.24, 2.45) is 0 Å². The second kappa shape index (κ2) is 5.89. The Morgan fingerprint density at radius 3 is 2.56 bits per heavy atom. The summed E-state index contributed by atoms with van der Waals surface area (Å²) in [7, 11) is 0. The molecule has 0 bridgehead atoms. The van der Waals surface area contributed by atoms with Crippen LogP contribution in [0.4, 0.5) is 5.69 Å². The molecule has 16 heavy (non-hydrogen) atoms. The van der Waals surface area contributed by atoms with E-state index in [1.165, 1.54) is 0 Å². The average molecular weight is 286 g/mol. The Balaban J connectivity index is 3.03.